The van der Waals surface area contributed by atoms with E-state index in [2.05, 4.69) is 54.8 Å². The summed E-state index contributed by atoms with van der Waals surface area (Å²) in [5, 5.41) is 22.6. The molecule has 0 bridgehead atoms. The lowest BCUT2D eigenvalue weighted by Gasteiger charge is -2.31. The first-order valence-electron chi connectivity index (χ1n) is 9.51. The van der Waals surface area contributed by atoms with Crippen LogP contribution >= 0.6 is 11.3 Å². The number of carbonyl (C=O) groups is 1. The van der Waals surface area contributed by atoms with Crippen molar-refractivity contribution in [3.8, 4) is 10.6 Å². The van der Waals surface area contributed by atoms with Gasteiger partial charge in [-0.05, 0) is 44.0 Å². The highest BCUT2D eigenvalue weighted by Gasteiger charge is 2.26. The topological polar surface area (TPSA) is 104 Å². The van der Waals surface area contributed by atoms with Gasteiger partial charge in [0.05, 0.1) is 10.6 Å². The lowest BCUT2D eigenvalue weighted by molar-refractivity contribution is -0.120. The first-order chi connectivity index (χ1) is 14.2. The van der Waals surface area contributed by atoms with E-state index in [9.17, 15) is 4.79 Å². The second-order valence-electron chi connectivity index (χ2n) is 7.15. The summed E-state index contributed by atoms with van der Waals surface area (Å²) in [6.45, 7) is 3.62. The Bertz CT molecular complexity index is 1150. The maximum Gasteiger partial charge on any atom is 0.228 e. The maximum absolute atomic E-state index is 12.7. The number of aryl methyl sites for hydroxylation is 1. The molecule has 1 fully saturated rings. The molecule has 1 aliphatic rings. The van der Waals surface area contributed by atoms with Crippen LogP contribution in [0.1, 0.15) is 17.7 Å². The molecule has 0 atom stereocenters. The number of piperidine rings is 1. The summed E-state index contributed by atoms with van der Waals surface area (Å²) in [6, 6.07) is 9.86. The minimum atomic E-state index is -0.0333. The van der Waals surface area contributed by atoms with Crippen LogP contribution in [-0.4, -0.2) is 49.0 Å². The summed E-state index contributed by atoms with van der Waals surface area (Å²) in [5.74, 6) is 1.43. The van der Waals surface area contributed by atoms with E-state index in [-0.39, 0.29) is 11.8 Å². The number of amides is 1. The van der Waals surface area contributed by atoms with Crippen LogP contribution in [0, 0.1) is 12.8 Å². The van der Waals surface area contributed by atoms with Crippen molar-refractivity contribution < 1.29 is 4.79 Å². The Morgan fingerprint density at radius 3 is 2.90 bits per heavy atom. The molecule has 4 aromatic heterocycles. The highest BCUT2D eigenvalue weighted by molar-refractivity contribution is 7.15. The molecule has 1 amide bonds. The SMILES string of the molecule is Cc1ccc(-c2cc(NC(=O)C3CCN(c4ccc5nncn5n4)CC3)n[nH]2)s1. The van der Waals surface area contributed by atoms with Gasteiger partial charge in [0.2, 0.25) is 5.91 Å². The van der Waals surface area contributed by atoms with E-state index in [0.29, 0.717) is 5.82 Å². The van der Waals surface area contributed by atoms with Gasteiger partial charge in [-0.1, -0.05) is 0 Å². The highest BCUT2D eigenvalue weighted by Crippen LogP contribution is 2.28. The number of carbonyl (C=O) groups excluding carboxylic acids is 1. The number of hydrogen-bond donors (Lipinski definition) is 2. The average Bonchev–Trinajstić information content (AvgIpc) is 3.48. The third kappa shape index (κ3) is 3.58. The first kappa shape index (κ1) is 17.8. The smallest absolute Gasteiger partial charge is 0.228 e. The number of aromatic amines is 1. The quantitative estimate of drug-likeness (QED) is 0.538. The molecule has 148 valence electrons. The predicted octanol–water partition coefficient (Wildman–Crippen LogP) is 2.74. The number of rotatable bonds is 4. The van der Waals surface area contributed by atoms with Crippen LogP contribution in [0.15, 0.2) is 36.7 Å². The van der Waals surface area contributed by atoms with Gasteiger partial charge in [0.15, 0.2) is 11.5 Å². The second kappa shape index (κ2) is 7.28. The van der Waals surface area contributed by atoms with E-state index in [0.717, 1.165) is 48.0 Å². The van der Waals surface area contributed by atoms with Crippen molar-refractivity contribution in [2.75, 3.05) is 23.3 Å². The largest absolute Gasteiger partial charge is 0.355 e. The Morgan fingerprint density at radius 2 is 2.10 bits per heavy atom. The molecule has 5 heterocycles. The molecule has 1 aliphatic heterocycles. The van der Waals surface area contributed by atoms with E-state index >= 15 is 0 Å². The summed E-state index contributed by atoms with van der Waals surface area (Å²) in [5.41, 5.74) is 1.64. The maximum atomic E-state index is 12.7. The van der Waals surface area contributed by atoms with E-state index in [1.54, 1.807) is 22.2 Å². The van der Waals surface area contributed by atoms with Gasteiger partial charge in [0, 0.05) is 30.0 Å². The van der Waals surface area contributed by atoms with Crippen molar-refractivity contribution >= 4 is 34.5 Å². The molecular weight excluding hydrogens is 388 g/mol. The van der Waals surface area contributed by atoms with Crippen molar-refractivity contribution in [1.29, 1.82) is 0 Å². The molecule has 5 rings (SSSR count). The fraction of sp³-hybridized carbons (Fsp3) is 0.316. The van der Waals surface area contributed by atoms with Crippen LogP contribution in [0.25, 0.3) is 16.2 Å². The van der Waals surface area contributed by atoms with Gasteiger partial charge in [-0.25, -0.2) is 0 Å². The van der Waals surface area contributed by atoms with Crippen molar-refractivity contribution in [1.82, 2.24) is 30.0 Å². The number of fused-ring (bicyclic) bond motifs is 1. The normalized spacial score (nSPS) is 15.1. The predicted molar refractivity (Wildman–Crippen MR) is 111 cm³/mol. The van der Waals surface area contributed by atoms with Gasteiger partial charge in [-0.2, -0.15) is 9.61 Å². The molecule has 0 radical (unpaired) electrons. The number of H-pyrrole nitrogens is 1. The van der Waals surface area contributed by atoms with Gasteiger partial charge in [-0.3, -0.25) is 9.89 Å². The molecule has 1 saturated heterocycles. The van der Waals surface area contributed by atoms with Crippen molar-refractivity contribution in [2.24, 2.45) is 5.92 Å². The van der Waals surface area contributed by atoms with Crippen LogP contribution in [0.2, 0.25) is 0 Å². The molecule has 0 unspecified atom stereocenters. The van der Waals surface area contributed by atoms with Crippen LogP contribution in [0.3, 0.4) is 0 Å². The fourth-order valence-electron chi connectivity index (χ4n) is 3.58. The van der Waals surface area contributed by atoms with E-state index in [1.165, 1.54) is 4.88 Å². The number of hydrogen-bond acceptors (Lipinski definition) is 7. The summed E-state index contributed by atoms with van der Waals surface area (Å²) in [4.78, 5) is 17.2. The zero-order valence-electron chi connectivity index (χ0n) is 15.9. The monoisotopic (exact) mass is 408 g/mol. The lowest BCUT2D eigenvalue weighted by Crippen LogP contribution is -2.38. The van der Waals surface area contributed by atoms with Gasteiger partial charge in [0.1, 0.15) is 12.1 Å². The zero-order valence-corrected chi connectivity index (χ0v) is 16.7. The number of nitrogens with zero attached hydrogens (tertiary/aromatic N) is 6. The van der Waals surface area contributed by atoms with Gasteiger partial charge in [-0.15, -0.1) is 26.6 Å². The van der Waals surface area contributed by atoms with E-state index < -0.39 is 0 Å². The summed E-state index contributed by atoms with van der Waals surface area (Å²) in [6.07, 6.45) is 3.14. The number of anilines is 2. The first-order valence-corrected chi connectivity index (χ1v) is 10.3. The molecule has 29 heavy (non-hydrogen) atoms. The Balaban J connectivity index is 1.19. The fourth-order valence-corrected chi connectivity index (χ4v) is 4.41. The number of thiophene rings is 1. The van der Waals surface area contributed by atoms with E-state index in [1.807, 2.05) is 18.2 Å². The molecular formula is C19H20N8OS. The summed E-state index contributed by atoms with van der Waals surface area (Å²) < 4.78 is 1.67. The molecule has 10 heteroatoms. The van der Waals surface area contributed by atoms with Gasteiger partial charge < -0.3 is 10.2 Å². The molecule has 2 N–H and O–H groups in total. The summed E-state index contributed by atoms with van der Waals surface area (Å²) >= 11 is 1.70. The molecule has 0 spiro atoms. The third-order valence-electron chi connectivity index (χ3n) is 5.17. The highest BCUT2D eigenvalue weighted by atomic mass is 32.1. The molecule has 4 aromatic rings. The minimum Gasteiger partial charge on any atom is -0.355 e. The van der Waals surface area contributed by atoms with Crippen molar-refractivity contribution in [2.45, 2.75) is 19.8 Å². The Morgan fingerprint density at radius 1 is 1.24 bits per heavy atom. The molecule has 0 aliphatic carbocycles. The Hall–Kier alpha value is -3.27. The van der Waals surface area contributed by atoms with Gasteiger partial charge in [0.25, 0.3) is 0 Å². The zero-order chi connectivity index (χ0) is 19.8. The number of aromatic nitrogens is 6. The molecule has 9 nitrogen and oxygen atoms in total. The van der Waals surface area contributed by atoms with Crippen molar-refractivity contribution in [3.05, 3.63) is 41.5 Å². The average molecular weight is 408 g/mol. The third-order valence-corrected chi connectivity index (χ3v) is 6.21. The Kier molecular flexibility index (Phi) is 4.47. The number of nitrogens with one attached hydrogen (secondary N) is 2. The van der Waals surface area contributed by atoms with Gasteiger partial charge >= 0.3 is 0 Å². The second-order valence-corrected chi connectivity index (χ2v) is 8.44. The lowest BCUT2D eigenvalue weighted by atomic mass is 9.96. The van der Waals surface area contributed by atoms with Crippen molar-refractivity contribution in [3.63, 3.8) is 0 Å². The summed E-state index contributed by atoms with van der Waals surface area (Å²) in [7, 11) is 0. The van der Waals surface area contributed by atoms with E-state index in [4.69, 9.17) is 0 Å². The minimum absolute atomic E-state index is 0.0206. The Labute approximate surface area is 170 Å². The van der Waals surface area contributed by atoms with Crippen LogP contribution in [0.5, 0.6) is 0 Å². The van der Waals surface area contributed by atoms with Crippen LogP contribution < -0.4 is 10.2 Å². The standard InChI is InChI=1S/C19H20N8OS/c1-12-2-3-15(29-12)14-10-16(23-22-14)21-19(28)13-6-8-26(9-7-13)18-5-4-17-24-20-11-27(17)25-18/h2-5,10-11,13H,6-9H2,1H3,(H2,21,22,23,28). The molecule has 0 aromatic carbocycles. The molecule has 0 saturated carbocycles. The van der Waals surface area contributed by atoms with Crippen LogP contribution in [-0.2, 0) is 4.79 Å². The van der Waals surface area contributed by atoms with Crippen LogP contribution in [0.4, 0.5) is 11.6 Å².